The first-order valence-corrected chi connectivity index (χ1v) is 8.51. The smallest absolute Gasteiger partial charge is 0.230 e. The largest absolute Gasteiger partial charge is 0.496 e. The molecule has 1 aliphatic carbocycles. The van der Waals surface area contributed by atoms with E-state index in [1.807, 2.05) is 32.0 Å². The van der Waals surface area contributed by atoms with Gasteiger partial charge in [0.25, 0.3) is 0 Å². The van der Waals surface area contributed by atoms with Gasteiger partial charge in [-0.2, -0.15) is 0 Å². The van der Waals surface area contributed by atoms with E-state index in [0.717, 1.165) is 35.5 Å². The van der Waals surface area contributed by atoms with Crippen LogP contribution >= 0.6 is 0 Å². The lowest BCUT2D eigenvalue weighted by molar-refractivity contribution is -0.125. The van der Waals surface area contributed by atoms with E-state index in [1.54, 1.807) is 26.2 Å². The van der Waals surface area contributed by atoms with Crippen molar-refractivity contribution >= 4 is 5.91 Å². The molecule has 0 radical (unpaired) electrons. The van der Waals surface area contributed by atoms with Gasteiger partial charge in [-0.25, -0.2) is 0 Å². The molecule has 1 aromatic carbocycles. The topological polar surface area (TPSA) is 71.7 Å². The summed E-state index contributed by atoms with van der Waals surface area (Å²) in [5.74, 6) is 1.90. The van der Waals surface area contributed by atoms with Crippen molar-refractivity contribution in [2.75, 3.05) is 13.7 Å². The monoisotopic (exact) mass is 343 g/mol. The molecule has 1 unspecified atom stereocenters. The van der Waals surface area contributed by atoms with Gasteiger partial charge in [-0.05, 0) is 62.9 Å². The third-order valence-corrected chi connectivity index (χ3v) is 5.01. The van der Waals surface area contributed by atoms with Crippen molar-refractivity contribution in [2.24, 2.45) is 0 Å². The zero-order valence-corrected chi connectivity index (χ0v) is 15.2. The molecule has 1 aromatic heterocycles. The van der Waals surface area contributed by atoms with Gasteiger partial charge in [-0.15, -0.1) is 0 Å². The molecule has 1 amide bonds. The fourth-order valence-corrected chi connectivity index (χ4v) is 3.12. The van der Waals surface area contributed by atoms with Gasteiger partial charge >= 0.3 is 0 Å². The van der Waals surface area contributed by atoms with E-state index in [1.165, 1.54) is 0 Å². The van der Waals surface area contributed by atoms with E-state index in [2.05, 4.69) is 5.32 Å². The quantitative estimate of drug-likeness (QED) is 0.846. The first kappa shape index (κ1) is 17.5. The van der Waals surface area contributed by atoms with Crippen LogP contribution in [0, 0.1) is 13.8 Å². The minimum Gasteiger partial charge on any atom is -0.496 e. The van der Waals surface area contributed by atoms with E-state index in [9.17, 15) is 9.90 Å². The van der Waals surface area contributed by atoms with Crippen LogP contribution in [0.5, 0.6) is 5.75 Å². The molecule has 5 nitrogen and oxygen atoms in total. The van der Waals surface area contributed by atoms with Crippen molar-refractivity contribution in [3.05, 3.63) is 53.0 Å². The number of benzene rings is 1. The second-order valence-corrected chi connectivity index (χ2v) is 7.13. The number of hydrogen-bond acceptors (Lipinski definition) is 4. The molecule has 1 atom stereocenters. The van der Waals surface area contributed by atoms with Crippen LogP contribution in [0.4, 0.5) is 0 Å². The van der Waals surface area contributed by atoms with Crippen molar-refractivity contribution < 1.29 is 19.1 Å². The number of methoxy groups -OCH3 is 1. The number of furan rings is 1. The van der Waals surface area contributed by atoms with Gasteiger partial charge in [0, 0.05) is 0 Å². The lowest BCUT2D eigenvalue weighted by Crippen LogP contribution is -2.43. The second kappa shape index (κ2) is 6.23. The van der Waals surface area contributed by atoms with E-state index in [-0.39, 0.29) is 12.5 Å². The number of aryl methyl sites for hydroxylation is 2. The summed E-state index contributed by atoms with van der Waals surface area (Å²) in [4.78, 5) is 12.8. The molecule has 2 aromatic rings. The van der Waals surface area contributed by atoms with Crippen LogP contribution in [0.3, 0.4) is 0 Å². The Bertz CT molecular complexity index is 787. The number of rotatable bonds is 6. The van der Waals surface area contributed by atoms with Crippen LogP contribution in [0.25, 0.3) is 0 Å². The fraction of sp³-hybridized carbons (Fsp3) is 0.450. The third-order valence-electron chi connectivity index (χ3n) is 5.01. The predicted octanol–water partition coefficient (Wildman–Crippen LogP) is 2.96. The molecule has 1 aliphatic rings. The van der Waals surface area contributed by atoms with Gasteiger partial charge in [0.1, 0.15) is 22.9 Å². The van der Waals surface area contributed by atoms with Crippen molar-refractivity contribution in [1.29, 1.82) is 0 Å². The van der Waals surface area contributed by atoms with Gasteiger partial charge in [0.2, 0.25) is 5.91 Å². The Balaban J connectivity index is 1.73. The van der Waals surface area contributed by atoms with Crippen LogP contribution in [0.15, 0.2) is 34.7 Å². The Labute approximate surface area is 148 Å². The summed E-state index contributed by atoms with van der Waals surface area (Å²) in [6.07, 6.45) is 1.60. The van der Waals surface area contributed by atoms with Crippen molar-refractivity contribution in [3.8, 4) is 5.75 Å². The SMILES string of the molecule is COc1cc(C2(C(=O)NCC(C)(O)c3ccc(C)o3)CC2)ccc1C. The molecule has 0 saturated heterocycles. The highest BCUT2D eigenvalue weighted by atomic mass is 16.5. The molecule has 134 valence electrons. The molecule has 0 spiro atoms. The lowest BCUT2D eigenvalue weighted by atomic mass is 9.93. The van der Waals surface area contributed by atoms with Gasteiger partial charge in [0.05, 0.1) is 19.1 Å². The normalized spacial score (nSPS) is 17.6. The molecule has 5 heteroatoms. The molecular formula is C20H25NO4. The minimum absolute atomic E-state index is 0.0676. The van der Waals surface area contributed by atoms with Gasteiger partial charge in [0.15, 0.2) is 0 Å². The Morgan fingerprint density at radius 2 is 2.04 bits per heavy atom. The standard InChI is InChI=1S/C20H25NO4/c1-13-5-7-15(11-16(13)24-4)20(9-10-20)18(22)21-12-19(3,23)17-8-6-14(2)25-17/h5-8,11,23H,9-10,12H2,1-4H3,(H,21,22). The number of ether oxygens (including phenoxy) is 1. The Kier molecular flexibility index (Phi) is 4.37. The summed E-state index contributed by atoms with van der Waals surface area (Å²) in [7, 11) is 1.63. The number of amides is 1. The highest BCUT2D eigenvalue weighted by molar-refractivity contribution is 5.91. The first-order valence-electron chi connectivity index (χ1n) is 8.51. The maximum Gasteiger partial charge on any atom is 0.230 e. The predicted molar refractivity (Wildman–Crippen MR) is 94.7 cm³/mol. The van der Waals surface area contributed by atoms with Crippen LogP contribution < -0.4 is 10.1 Å². The van der Waals surface area contributed by atoms with Crippen LogP contribution in [0.1, 0.15) is 42.4 Å². The molecule has 0 bridgehead atoms. The number of nitrogens with one attached hydrogen (secondary N) is 1. The summed E-state index contributed by atoms with van der Waals surface area (Å²) in [6, 6.07) is 9.43. The molecule has 1 fully saturated rings. The second-order valence-electron chi connectivity index (χ2n) is 7.13. The van der Waals surface area contributed by atoms with Crippen LogP contribution in [-0.4, -0.2) is 24.7 Å². The summed E-state index contributed by atoms with van der Waals surface area (Å²) in [5.41, 5.74) is 0.237. The Morgan fingerprint density at radius 3 is 2.60 bits per heavy atom. The zero-order chi connectivity index (χ0) is 18.2. The summed E-state index contributed by atoms with van der Waals surface area (Å²) >= 11 is 0. The minimum atomic E-state index is -1.25. The highest BCUT2D eigenvalue weighted by Crippen LogP contribution is 2.49. The molecule has 2 N–H and O–H groups in total. The summed E-state index contributed by atoms with van der Waals surface area (Å²) < 4.78 is 10.9. The van der Waals surface area contributed by atoms with Crippen molar-refractivity contribution in [1.82, 2.24) is 5.32 Å². The maximum atomic E-state index is 12.8. The number of hydrogen-bond donors (Lipinski definition) is 2. The number of carbonyl (C=O) groups excluding carboxylic acids is 1. The average Bonchev–Trinajstić information content (AvgIpc) is 3.28. The maximum absolute atomic E-state index is 12.8. The average molecular weight is 343 g/mol. The summed E-state index contributed by atoms with van der Waals surface area (Å²) in [5, 5.41) is 13.5. The van der Waals surface area contributed by atoms with Gasteiger partial charge in [-0.3, -0.25) is 4.79 Å². The lowest BCUT2D eigenvalue weighted by Gasteiger charge is -2.24. The van der Waals surface area contributed by atoms with E-state index in [0.29, 0.717) is 5.76 Å². The number of aliphatic hydroxyl groups is 1. The van der Waals surface area contributed by atoms with Crippen LogP contribution in [0.2, 0.25) is 0 Å². The van der Waals surface area contributed by atoms with Gasteiger partial charge in [-0.1, -0.05) is 12.1 Å². The van der Waals surface area contributed by atoms with E-state index >= 15 is 0 Å². The van der Waals surface area contributed by atoms with Crippen LogP contribution in [-0.2, 0) is 15.8 Å². The molecule has 1 saturated carbocycles. The molecule has 0 aliphatic heterocycles. The molecular weight excluding hydrogens is 318 g/mol. The van der Waals surface area contributed by atoms with Crippen molar-refractivity contribution in [3.63, 3.8) is 0 Å². The van der Waals surface area contributed by atoms with Gasteiger partial charge < -0.3 is 19.6 Å². The zero-order valence-electron chi connectivity index (χ0n) is 15.2. The number of carbonyl (C=O) groups is 1. The highest BCUT2D eigenvalue weighted by Gasteiger charge is 2.51. The summed E-state index contributed by atoms with van der Waals surface area (Å²) in [6.45, 7) is 5.54. The van der Waals surface area contributed by atoms with E-state index < -0.39 is 11.0 Å². The third kappa shape index (κ3) is 3.29. The molecule has 3 rings (SSSR count). The van der Waals surface area contributed by atoms with Crippen molar-refractivity contribution in [2.45, 2.75) is 44.6 Å². The van der Waals surface area contributed by atoms with E-state index in [4.69, 9.17) is 9.15 Å². The Hall–Kier alpha value is -2.27. The first-order chi connectivity index (χ1) is 11.8. The Morgan fingerprint density at radius 1 is 1.32 bits per heavy atom. The molecule has 1 heterocycles. The molecule has 25 heavy (non-hydrogen) atoms. The fourth-order valence-electron chi connectivity index (χ4n) is 3.12.